The second kappa shape index (κ2) is 6.42. The van der Waals surface area contributed by atoms with Crippen LogP contribution in [-0.2, 0) is 4.79 Å². The first-order valence-electron chi connectivity index (χ1n) is 7.44. The lowest BCUT2D eigenvalue weighted by Gasteiger charge is -2.35. The second-order valence-corrected chi connectivity index (χ2v) is 6.11. The molecule has 0 aliphatic carbocycles. The van der Waals surface area contributed by atoms with Gasteiger partial charge in [-0.25, -0.2) is 0 Å². The van der Waals surface area contributed by atoms with Crippen LogP contribution in [0.1, 0.15) is 32.6 Å². The molecule has 2 aliphatic rings. The summed E-state index contributed by atoms with van der Waals surface area (Å²) in [6.45, 7) is 10.1. The predicted molar refractivity (Wildman–Crippen MR) is 75.9 cm³/mol. The normalized spacial score (nSPS) is 23.5. The first-order chi connectivity index (χ1) is 9.06. The zero-order valence-corrected chi connectivity index (χ0v) is 12.0. The number of aliphatic hydroxyl groups is 1. The van der Waals surface area contributed by atoms with Crippen LogP contribution < -0.4 is 0 Å². The van der Waals surface area contributed by atoms with Crippen molar-refractivity contribution in [2.45, 2.75) is 32.6 Å². The van der Waals surface area contributed by atoms with Crippen molar-refractivity contribution in [3.8, 4) is 0 Å². The molecule has 0 aromatic rings. The molecule has 2 aliphatic heterocycles. The number of hydrogen-bond donors (Lipinski definition) is 1. The van der Waals surface area contributed by atoms with Crippen LogP contribution in [0.5, 0.6) is 0 Å². The van der Waals surface area contributed by atoms with Gasteiger partial charge in [-0.1, -0.05) is 13.5 Å². The molecule has 1 amide bonds. The lowest BCUT2D eigenvalue weighted by molar-refractivity contribution is -0.134. The molecule has 1 N–H and O–H groups in total. The maximum atomic E-state index is 12.2. The molecule has 0 spiro atoms. The highest BCUT2D eigenvalue weighted by atomic mass is 16.3. The van der Waals surface area contributed by atoms with Crippen LogP contribution in [0.3, 0.4) is 0 Å². The van der Waals surface area contributed by atoms with Crippen LogP contribution >= 0.6 is 0 Å². The largest absolute Gasteiger partial charge is 0.513 e. The monoisotopic (exact) mass is 266 g/mol. The van der Waals surface area contributed by atoms with Crippen molar-refractivity contribution in [1.82, 2.24) is 9.80 Å². The number of likely N-dealkylation sites (tertiary alicyclic amines) is 2. The minimum atomic E-state index is 0.180. The van der Waals surface area contributed by atoms with Gasteiger partial charge in [0.15, 0.2) is 0 Å². The molecule has 4 heteroatoms. The van der Waals surface area contributed by atoms with Gasteiger partial charge in [-0.2, -0.15) is 0 Å². The van der Waals surface area contributed by atoms with Gasteiger partial charge in [0.25, 0.3) is 0 Å². The number of rotatable bonds is 3. The average Bonchev–Trinajstić information content (AvgIpc) is 2.41. The zero-order chi connectivity index (χ0) is 13.8. The third-order valence-electron chi connectivity index (χ3n) is 4.55. The number of piperidine rings is 2. The van der Waals surface area contributed by atoms with E-state index in [0.29, 0.717) is 6.54 Å². The fourth-order valence-corrected chi connectivity index (χ4v) is 2.97. The van der Waals surface area contributed by atoms with Gasteiger partial charge >= 0.3 is 0 Å². The number of aliphatic hydroxyl groups excluding tert-OH is 1. The van der Waals surface area contributed by atoms with Gasteiger partial charge in [0.2, 0.25) is 5.91 Å². The Morgan fingerprint density at radius 2 is 1.74 bits per heavy atom. The van der Waals surface area contributed by atoms with Gasteiger partial charge in [-0.15, -0.1) is 0 Å². The van der Waals surface area contributed by atoms with Gasteiger partial charge in [0.1, 0.15) is 0 Å². The van der Waals surface area contributed by atoms with Gasteiger partial charge in [0, 0.05) is 19.0 Å². The van der Waals surface area contributed by atoms with Crippen molar-refractivity contribution < 1.29 is 9.90 Å². The molecule has 2 rings (SSSR count). The van der Waals surface area contributed by atoms with E-state index in [1.54, 1.807) is 0 Å². The van der Waals surface area contributed by atoms with Crippen LogP contribution in [0, 0.1) is 11.8 Å². The van der Waals surface area contributed by atoms with Crippen molar-refractivity contribution >= 4 is 5.91 Å². The fraction of sp³-hybridized carbons (Fsp3) is 0.800. The molecule has 0 aromatic heterocycles. The summed E-state index contributed by atoms with van der Waals surface area (Å²) in [5, 5.41) is 9.38. The molecular formula is C15H26N2O2. The Morgan fingerprint density at radius 3 is 2.26 bits per heavy atom. The highest BCUT2D eigenvalue weighted by molar-refractivity contribution is 5.78. The highest BCUT2D eigenvalue weighted by Gasteiger charge is 2.26. The molecule has 0 unspecified atom stereocenters. The van der Waals surface area contributed by atoms with E-state index in [9.17, 15) is 9.90 Å². The molecule has 0 aromatic carbocycles. The molecule has 0 bridgehead atoms. The number of amides is 1. The summed E-state index contributed by atoms with van der Waals surface area (Å²) in [4.78, 5) is 16.4. The van der Waals surface area contributed by atoms with Crippen molar-refractivity contribution in [3.63, 3.8) is 0 Å². The standard InChI is InChI=1S/C15H26N2O2/c1-12-3-7-16(8-4-12)11-15(19)17-9-5-14(6-10-17)13(2)18/h12,14,18H,2-11H2,1H3. The van der Waals surface area contributed by atoms with E-state index in [2.05, 4.69) is 18.4 Å². The van der Waals surface area contributed by atoms with Crippen LogP contribution in [0.4, 0.5) is 0 Å². The molecular weight excluding hydrogens is 240 g/mol. The summed E-state index contributed by atoms with van der Waals surface area (Å²) < 4.78 is 0. The maximum absolute atomic E-state index is 12.2. The molecule has 0 saturated carbocycles. The molecule has 2 fully saturated rings. The lowest BCUT2D eigenvalue weighted by Crippen LogP contribution is -2.46. The van der Waals surface area contributed by atoms with Crippen LogP contribution in [0.15, 0.2) is 12.3 Å². The molecule has 19 heavy (non-hydrogen) atoms. The summed E-state index contributed by atoms with van der Waals surface area (Å²) in [6, 6.07) is 0. The number of allylic oxidation sites excluding steroid dienone is 1. The topological polar surface area (TPSA) is 43.8 Å². The van der Waals surface area contributed by atoms with Crippen LogP contribution in [-0.4, -0.2) is 53.5 Å². The Bertz CT molecular complexity index is 327. The summed E-state index contributed by atoms with van der Waals surface area (Å²) in [5.41, 5.74) is 0. The number of nitrogens with zero attached hydrogens (tertiary/aromatic N) is 2. The van der Waals surface area contributed by atoms with Crippen molar-refractivity contribution in [1.29, 1.82) is 0 Å². The smallest absolute Gasteiger partial charge is 0.236 e. The van der Waals surface area contributed by atoms with E-state index >= 15 is 0 Å². The average molecular weight is 266 g/mol. The SMILES string of the molecule is C=C(O)C1CCN(C(=O)CN2CCC(C)CC2)CC1. The molecule has 0 radical (unpaired) electrons. The Labute approximate surface area is 116 Å². The Morgan fingerprint density at radius 1 is 1.16 bits per heavy atom. The van der Waals surface area contributed by atoms with Crippen molar-refractivity contribution in [2.75, 3.05) is 32.7 Å². The minimum absolute atomic E-state index is 0.180. The fourth-order valence-electron chi connectivity index (χ4n) is 2.97. The van der Waals surface area contributed by atoms with E-state index in [1.165, 1.54) is 12.8 Å². The molecule has 0 atom stereocenters. The van der Waals surface area contributed by atoms with Crippen molar-refractivity contribution in [2.24, 2.45) is 11.8 Å². The lowest BCUT2D eigenvalue weighted by atomic mass is 9.95. The van der Waals surface area contributed by atoms with Gasteiger partial charge in [-0.05, 0) is 44.7 Å². The summed E-state index contributed by atoms with van der Waals surface area (Å²) in [7, 11) is 0. The van der Waals surface area contributed by atoms with E-state index in [4.69, 9.17) is 0 Å². The Balaban J connectivity index is 1.74. The number of carbonyl (C=O) groups is 1. The van der Waals surface area contributed by atoms with Gasteiger partial charge in [-0.3, -0.25) is 9.69 Å². The maximum Gasteiger partial charge on any atom is 0.236 e. The second-order valence-electron chi connectivity index (χ2n) is 6.11. The Hall–Kier alpha value is -1.03. The molecule has 4 nitrogen and oxygen atoms in total. The summed E-state index contributed by atoms with van der Waals surface area (Å²) in [5.74, 6) is 1.51. The third kappa shape index (κ3) is 3.96. The van der Waals surface area contributed by atoms with E-state index < -0.39 is 0 Å². The van der Waals surface area contributed by atoms with Gasteiger partial charge < -0.3 is 10.0 Å². The zero-order valence-electron chi connectivity index (χ0n) is 12.0. The molecule has 2 heterocycles. The first-order valence-corrected chi connectivity index (χ1v) is 7.44. The highest BCUT2D eigenvalue weighted by Crippen LogP contribution is 2.22. The Kier molecular flexibility index (Phi) is 4.86. The minimum Gasteiger partial charge on any atom is -0.513 e. The predicted octanol–water partition coefficient (Wildman–Crippen LogP) is 2.03. The van der Waals surface area contributed by atoms with Crippen molar-refractivity contribution in [3.05, 3.63) is 12.3 Å². The third-order valence-corrected chi connectivity index (χ3v) is 4.55. The summed E-state index contributed by atoms with van der Waals surface area (Å²) in [6.07, 6.45) is 4.11. The molecule has 108 valence electrons. The van der Waals surface area contributed by atoms with E-state index in [1.807, 2.05) is 4.90 Å². The quantitative estimate of drug-likeness (QED) is 0.795. The first kappa shape index (κ1) is 14.4. The number of carbonyl (C=O) groups excluding carboxylic acids is 1. The van der Waals surface area contributed by atoms with E-state index in [0.717, 1.165) is 44.9 Å². The molecule has 2 saturated heterocycles. The van der Waals surface area contributed by atoms with E-state index in [-0.39, 0.29) is 17.6 Å². The number of hydrogen-bond acceptors (Lipinski definition) is 3. The summed E-state index contributed by atoms with van der Waals surface area (Å²) >= 11 is 0. The van der Waals surface area contributed by atoms with Crippen LogP contribution in [0.2, 0.25) is 0 Å². The van der Waals surface area contributed by atoms with Gasteiger partial charge in [0.05, 0.1) is 12.3 Å². The van der Waals surface area contributed by atoms with Crippen LogP contribution in [0.25, 0.3) is 0 Å².